The van der Waals surface area contributed by atoms with Crippen molar-refractivity contribution in [1.82, 2.24) is 10.3 Å². The molecule has 1 unspecified atom stereocenters. The Labute approximate surface area is 111 Å². The molecule has 0 radical (unpaired) electrons. The molecular weight excluding hydrogens is 284 g/mol. The maximum Gasteiger partial charge on any atom is 0.0827 e. The number of nitrogens with one attached hydrogen (secondary N) is 1. The number of thiocarbonyl (C=S) groups is 1. The highest BCUT2D eigenvalue weighted by atomic mass is 79.9. The highest BCUT2D eigenvalue weighted by molar-refractivity contribution is 9.09. The molecule has 2 nitrogen and oxygen atoms in total. The van der Waals surface area contributed by atoms with Crippen molar-refractivity contribution in [2.75, 3.05) is 12.4 Å². The highest BCUT2D eigenvalue weighted by Gasteiger charge is 2.15. The minimum Gasteiger partial charge on any atom is -0.382 e. The summed E-state index contributed by atoms with van der Waals surface area (Å²) in [5.41, 5.74) is 1.21. The van der Waals surface area contributed by atoms with Gasteiger partial charge in [0.2, 0.25) is 0 Å². The molecule has 4 heteroatoms. The number of aromatic nitrogens is 1. The van der Waals surface area contributed by atoms with Crippen LogP contribution in [0.15, 0.2) is 24.5 Å². The van der Waals surface area contributed by atoms with Gasteiger partial charge in [-0.05, 0) is 24.5 Å². The van der Waals surface area contributed by atoms with Gasteiger partial charge in [0.25, 0.3) is 0 Å². The molecule has 0 saturated carbocycles. The van der Waals surface area contributed by atoms with Crippen molar-refractivity contribution in [3.63, 3.8) is 0 Å². The molecule has 1 aromatic heterocycles. The summed E-state index contributed by atoms with van der Waals surface area (Å²) in [6.45, 7) is 0. The molecule has 1 N–H and O–H groups in total. The Morgan fingerprint density at radius 2 is 2.38 bits per heavy atom. The van der Waals surface area contributed by atoms with Crippen LogP contribution in [0.4, 0.5) is 0 Å². The molecule has 0 aliphatic heterocycles. The van der Waals surface area contributed by atoms with E-state index in [-0.39, 0.29) is 0 Å². The Balaban J connectivity index is 2.68. The van der Waals surface area contributed by atoms with Gasteiger partial charge in [-0.3, -0.25) is 4.98 Å². The smallest absolute Gasteiger partial charge is 0.0827 e. The van der Waals surface area contributed by atoms with E-state index in [9.17, 15) is 0 Å². The molecule has 1 rings (SSSR count). The van der Waals surface area contributed by atoms with Gasteiger partial charge in [-0.2, -0.15) is 0 Å². The van der Waals surface area contributed by atoms with E-state index in [1.54, 1.807) is 6.20 Å². The van der Waals surface area contributed by atoms with Gasteiger partial charge in [0, 0.05) is 30.7 Å². The number of hydrogen-bond acceptors (Lipinski definition) is 2. The Morgan fingerprint density at radius 3 is 2.94 bits per heavy atom. The van der Waals surface area contributed by atoms with E-state index in [1.807, 2.05) is 19.3 Å². The van der Waals surface area contributed by atoms with E-state index < -0.39 is 0 Å². The minimum absolute atomic E-state index is 0.299. The minimum atomic E-state index is 0.299. The number of alkyl halides is 1. The van der Waals surface area contributed by atoms with Crippen LogP contribution in [0.5, 0.6) is 0 Å². The molecule has 0 bridgehead atoms. The summed E-state index contributed by atoms with van der Waals surface area (Å²) in [6, 6.07) is 4.06. The normalized spacial score (nSPS) is 12.1. The zero-order valence-electron chi connectivity index (χ0n) is 9.45. The summed E-state index contributed by atoms with van der Waals surface area (Å²) in [7, 11) is 1.89. The molecule has 0 spiro atoms. The largest absolute Gasteiger partial charge is 0.382 e. The molecule has 1 atom stereocenters. The van der Waals surface area contributed by atoms with Crippen LogP contribution in [-0.4, -0.2) is 22.4 Å². The summed E-state index contributed by atoms with van der Waals surface area (Å²) in [6.07, 6.45) is 7.14. The van der Waals surface area contributed by atoms with Crippen molar-refractivity contribution < 1.29 is 0 Å². The maximum atomic E-state index is 5.36. The van der Waals surface area contributed by atoms with Crippen LogP contribution in [0.2, 0.25) is 0 Å². The van der Waals surface area contributed by atoms with Gasteiger partial charge in [0.05, 0.1) is 4.99 Å². The van der Waals surface area contributed by atoms with Crippen molar-refractivity contribution in [1.29, 1.82) is 0 Å². The number of likely N-dealkylation sites (N-methyl/N-ethyl adjacent to an activating group) is 1. The second-order valence-corrected chi connectivity index (χ2v) is 4.87. The third-order valence-corrected chi connectivity index (χ3v) is 3.58. The monoisotopic (exact) mass is 300 g/mol. The second-order valence-electron chi connectivity index (χ2n) is 3.64. The summed E-state index contributed by atoms with van der Waals surface area (Å²) < 4.78 is 0. The van der Waals surface area contributed by atoms with Crippen molar-refractivity contribution in [3.05, 3.63) is 30.1 Å². The van der Waals surface area contributed by atoms with Gasteiger partial charge < -0.3 is 5.32 Å². The molecule has 0 aromatic carbocycles. The van der Waals surface area contributed by atoms with Gasteiger partial charge >= 0.3 is 0 Å². The van der Waals surface area contributed by atoms with Crippen LogP contribution in [0, 0.1) is 0 Å². The molecule has 0 aliphatic rings. The number of hydrogen-bond donors (Lipinski definition) is 1. The molecule has 0 saturated heterocycles. The molecule has 88 valence electrons. The van der Waals surface area contributed by atoms with Gasteiger partial charge in [0.15, 0.2) is 0 Å². The van der Waals surface area contributed by atoms with Crippen LogP contribution in [0.25, 0.3) is 0 Å². The van der Waals surface area contributed by atoms with E-state index >= 15 is 0 Å². The van der Waals surface area contributed by atoms with E-state index in [1.165, 1.54) is 18.4 Å². The molecule has 16 heavy (non-hydrogen) atoms. The van der Waals surface area contributed by atoms with Crippen LogP contribution in [-0.2, 0) is 0 Å². The fourth-order valence-electron chi connectivity index (χ4n) is 1.65. The van der Waals surface area contributed by atoms with Gasteiger partial charge in [-0.25, -0.2) is 0 Å². The number of halogens is 1. The molecule has 0 fully saturated rings. The fourth-order valence-corrected chi connectivity index (χ4v) is 2.30. The van der Waals surface area contributed by atoms with Crippen LogP contribution >= 0.6 is 28.1 Å². The first-order chi connectivity index (χ1) is 7.79. The second kappa shape index (κ2) is 7.74. The third-order valence-electron chi connectivity index (χ3n) is 2.53. The van der Waals surface area contributed by atoms with Gasteiger partial charge in [0.1, 0.15) is 0 Å². The molecule has 0 aliphatic carbocycles. The summed E-state index contributed by atoms with van der Waals surface area (Å²) >= 11 is 8.81. The predicted octanol–water partition coefficient (Wildman–Crippen LogP) is 3.28. The zero-order chi connectivity index (χ0) is 11.8. The number of pyridine rings is 1. The topological polar surface area (TPSA) is 24.9 Å². The molecule has 0 amide bonds. The fraction of sp³-hybridized carbons (Fsp3) is 0.500. The third kappa shape index (κ3) is 4.18. The van der Waals surface area contributed by atoms with Gasteiger partial charge in [-0.15, -0.1) is 0 Å². The standard InChI is InChI=1S/C12H17BrN2S/c1-14-12(16)11(6-2-3-7-13)10-5-4-8-15-9-10/h4-5,8-9,11H,2-3,6-7H2,1H3,(H,14,16). The van der Waals surface area contributed by atoms with Crippen LogP contribution in [0.1, 0.15) is 30.7 Å². The Kier molecular flexibility index (Phi) is 6.57. The van der Waals surface area contributed by atoms with Crippen molar-refractivity contribution in [3.8, 4) is 0 Å². The maximum absolute atomic E-state index is 5.36. The van der Waals surface area contributed by atoms with Crippen LogP contribution < -0.4 is 5.32 Å². The van der Waals surface area contributed by atoms with E-state index in [0.717, 1.165) is 16.7 Å². The molecule has 1 aromatic rings. The average molecular weight is 301 g/mol. The lowest BCUT2D eigenvalue weighted by molar-refractivity contribution is 0.683. The summed E-state index contributed by atoms with van der Waals surface area (Å²) in [4.78, 5) is 5.06. The first-order valence-electron chi connectivity index (χ1n) is 5.47. The quantitative estimate of drug-likeness (QED) is 0.496. The average Bonchev–Trinajstić information content (AvgIpc) is 2.35. The predicted molar refractivity (Wildman–Crippen MR) is 76.3 cm³/mol. The summed E-state index contributed by atoms with van der Waals surface area (Å²) in [5.74, 6) is 0.299. The van der Waals surface area contributed by atoms with Crippen molar-refractivity contribution in [2.24, 2.45) is 0 Å². The lowest BCUT2D eigenvalue weighted by atomic mass is 9.95. The van der Waals surface area contributed by atoms with Crippen molar-refractivity contribution >= 4 is 33.1 Å². The Morgan fingerprint density at radius 1 is 1.56 bits per heavy atom. The van der Waals surface area contributed by atoms with Gasteiger partial charge in [-0.1, -0.05) is 40.6 Å². The zero-order valence-corrected chi connectivity index (χ0v) is 11.9. The number of unbranched alkanes of at least 4 members (excludes halogenated alkanes) is 1. The SMILES string of the molecule is CNC(=S)C(CCCCBr)c1cccnc1. The lowest BCUT2D eigenvalue weighted by Crippen LogP contribution is -2.24. The van der Waals surface area contributed by atoms with E-state index in [2.05, 4.69) is 32.3 Å². The Hall–Kier alpha value is -0.480. The first kappa shape index (κ1) is 13.6. The van der Waals surface area contributed by atoms with E-state index in [0.29, 0.717) is 5.92 Å². The molecule has 1 heterocycles. The lowest BCUT2D eigenvalue weighted by Gasteiger charge is -2.17. The number of nitrogens with zero attached hydrogens (tertiary/aromatic N) is 1. The summed E-state index contributed by atoms with van der Waals surface area (Å²) in [5, 5.41) is 4.14. The highest BCUT2D eigenvalue weighted by Crippen LogP contribution is 2.22. The Bertz CT molecular complexity index is 316. The number of rotatable bonds is 6. The van der Waals surface area contributed by atoms with Crippen LogP contribution in [0.3, 0.4) is 0 Å². The van der Waals surface area contributed by atoms with E-state index in [4.69, 9.17) is 12.2 Å². The molecular formula is C12H17BrN2S. The first-order valence-corrected chi connectivity index (χ1v) is 7.00. The van der Waals surface area contributed by atoms with Crippen molar-refractivity contribution in [2.45, 2.75) is 25.2 Å².